The van der Waals surface area contributed by atoms with E-state index in [1.807, 2.05) is 42.6 Å². The highest BCUT2D eigenvalue weighted by molar-refractivity contribution is 7.98. The van der Waals surface area contributed by atoms with Crippen LogP contribution in [0.5, 0.6) is 5.75 Å². The first kappa shape index (κ1) is 19.0. The molecule has 0 aliphatic carbocycles. The Labute approximate surface area is 172 Å². The van der Waals surface area contributed by atoms with Crippen LogP contribution in [0, 0.1) is 0 Å². The fourth-order valence-electron chi connectivity index (χ4n) is 3.06. The third kappa shape index (κ3) is 4.25. The molecule has 4 aromatic rings. The first-order valence-electron chi connectivity index (χ1n) is 9.02. The van der Waals surface area contributed by atoms with Gasteiger partial charge in [0.05, 0.1) is 36.4 Å². The van der Waals surface area contributed by atoms with Gasteiger partial charge in [-0.15, -0.1) is 0 Å². The van der Waals surface area contributed by atoms with E-state index in [1.54, 1.807) is 37.2 Å². The highest BCUT2D eigenvalue weighted by atomic mass is 32.2. The summed E-state index contributed by atoms with van der Waals surface area (Å²) in [5.41, 5.74) is 4.26. The minimum absolute atomic E-state index is 0.276. The molecule has 4 rings (SSSR count). The van der Waals surface area contributed by atoms with E-state index in [0.29, 0.717) is 6.54 Å². The zero-order valence-electron chi connectivity index (χ0n) is 15.8. The average molecular weight is 405 g/mol. The third-order valence-corrected chi connectivity index (χ3v) is 5.61. The number of carboxylic acid groups (broad SMARTS) is 1. The molecular formula is C22H19N3O3S. The molecule has 29 heavy (non-hydrogen) atoms. The summed E-state index contributed by atoms with van der Waals surface area (Å²) in [6.07, 6.45) is 3.54. The van der Waals surface area contributed by atoms with Crippen LogP contribution in [0.4, 0.5) is 0 Å². The molecule has 0 atom stereocenters. The number of methoxy groups -OCH3 is 1. The first-order chi connectivity index (χ1) is 14.1. The van der Waals surface area contributed by atoms with Crippen molar-refractivity contribution in [3.8, 4) is 5.75 Å². The molecule has 6 nitrogen and oxygen atoms in total. The van der Waals surface area contributed by atoms with Gasteiger partial charge < -0.3 is 14.4 Å². The van der Waals surface area contributed by atoms with Crippen LogP contribution >= 0.6 is 11.8 Å². The fraction of sp³-hybridized carbons (Fsp3) is 0.136. The van der Waals surface area contributed by atoms with Crippen LogP contribution in [-0.2, 0) is 12.3 Å². The molecule has 2 aromatic carbocycles. The van der Waals surface area contributed by atoms with Gasteiger partial charge in [0, 0.05) is 11.9 Å². The molecular weight excluding hydrogens is 386 g/mol. The van der Waals surface area contributed by atoms with Gasteiger partial charge in [0.2, 0.25) is 0 Å². The largest absolute Gasteiger partial charge is 0.497 e. The Morgan fingerprint density at radius 2 is 1.97 bits per heavy atom. The topological polar surface area (TPSA) is 77.2 Å². The number of rotatable bonds is 7. The van der Waals surface area contributed by atoms with E-state index in [-0.39, 0.29) is 5.56 Å². The summed E-state index contributed by atoms with van der Waals surface area (Å²) in [5.74, 6) is 0.661. The van der Waals surface area contributed by atoms with Gasteiger partial charge in [-0.2, -0.15) is 0 Å². The molecule has 0 spiro atoms. The van der Waals surface area contributed by atoms with Gasteiger partial charge in [-0.1, -0.05) is 36.0 Å². The first-order valence-corrected chi connectivity index (χ1v) is 10.0. The maximum absolute atomic E-state index is 11.1. The number of aromatic nitrogens is 3. The number of benzene rings is 2. The number of ether oxygens (including phenoxy) is 1. The van der Waals surface area contributed by atoms with Crippen molar-refractivity contribution >= 4 is 28.8 Å². The molecule has 2 heterocycles. The van der Waals surface area contributed by atoms with Gasteiger partial charge in [-0.05, 0) is 41.5 Å². The standard InChI is InChI=1S/C22H19N3O3S/c1-28-18-4-2-3-16(11-18)14-29-22-24-19-9-10-23-12-20(19)25(22)13-15-5-7-17(8-6-15)21(26)27/h2-12H,13-14H2,1H3,(H,26,27). The van der Waals surface area contributed by atoms with Gasteiger partial charge in [-0.25, -0.2) is 9.78 Å². The molecule has 0 amide bonds. The molecule has 0 unspecified atom stereocenters. The minimum atomic E-state index is -0.927. The van der Waals surface area contributed by atoms with Crippen molar-refractivity contribution in [1.82, 2.24) is 14.5 Å². The number of thioether (sulfide) groups is 1. The number of nitrogens with zero attached hydrogens (tertiary/aromatic N) is 3. The number of hydrogen-bond donors (Lipinski definition) is 1. The van der Waals surface area contributed by atoms with Crippen LogP contribution in [0.15, 0.2) is 72.1 Å². The number of pyridine rings is 1. The summed E-state index contributed by atoms with van der Waals surface area (Å²) in [6.45, 7) is 0.586. The summed E-state index contributed by atoms with van der Waals surface area (Å²) < 4.78 is 7.42. The van der Waals surface area contributed by atoms with Crippen molar-refractivity contribution in [2.24, 2.45) is 0 Å². The minimum Gasteiger partial charge on any atom is -0.497 e. The summed E-state index contributed by atoms with van der Waals surface area (Å²) >= 11 is 1.65. The van der Waals surface area contributed by atoms with E-state index in [1.165, 1.54) is 0 Å². The van der Waals surface area contributed by atoms with Crippen LogP contribution in [0.2, 0.25) is 0 Å². The number of aromatic carboxylic acids is 1. The zero-order valence-corrected chi connectivity index (χ0v) is 16.6. The maximum Gasteiger partial charge on any atom is 0.335 e. The third-order valence-electron chi connectivity index (χ3n) is 4.56. The molecule has 0 saturated carbocycles. The Kier molecular flexibility index (Phi) is 5.48. The highest BCUT2D eigenvalue weighted by Crippen LogP contribution is 2.28. The molecule has 7 heteroatoms. The molecule has 0 fully saturated rings. The van der Waals surface area contributed by atoms with Crippen LogP contribution in [0.3, 0.4) is 0 Å². The number of hydrogen-bond acceptors (Lipinski definition) is 5. The molecule has 0 bridgehead atoms. The zero-order chi connectivity index (χ0) is 20.2. The second-order valence-electron chi connectivity index (χ2n) is 6.49. The van der Waals surface area contributed by atoms with Crippen LogP contribution in [0.25, 0.3) is 11.0 Å². The predicted octanol–water partition coefficient (Wildman–Crippen LogP) is 4.48. The lowest BCUT2D eigenvalue weighted by Crippen LogP contribution is -2.03. The maximum atomic E-state index is 11.1. The second-order valence-corrected chi connectivity index (χ2v) is 7.43. The van der Waals surface area contributed by atoms with Crippen molar-refractivity contribution in [3.05, 3.63) is 83.7 Å². The van der Waals surface area contributed by atoms with Crippen LogP contribution in [-0.4, -0.2) is 32.7 Å². The summed E-state index contributed by atoms with van der Waals surface area (Å²) in [5, 5.41) is 9.98. The molecule has 146 valence electrons. The Bertz CT molecular complexity index is 1160. The van der Waals surface area contributed by atoms with E-state index in [4.69, 9.17) is 14.8 Å². The number of fused-ring (bicyclic) bond motifs is 1. The molecule has 1 N–H and O–H groups in total. The van der Waals surface area contributed by atoms with Gasteiger partial charge in [0.1, 0.15) is 5.75 Å². The van der Waals surface area contributed by atoms with E-state index < -0.39 is 5.97 Å². The Morgan fingerprint density at radius 3 is 2.72 bits per heavy atom. The Morgan fingerprint density at radius 1 is 1.14 bits per heavy atom. The number of carboxylic acids is 1. The van der Waals surface area contributed by atoms with Crippen LogP contribution in [0.1, 0.15) is 21.5 Å². The molecule has 0 aliphatic heterocycles. The summed E-state index contributed by atoms with van der Waals surface area (Å²) in [7, 11) is 1.66. The number of imidazole rings is 1. The quantitative estimate of drug-likeness (QED) is 0.457. The predicted molar refractivity (Wildman–Crippen MR) is 113 cm³/mol. The lowest BCUT2D eigenvalue weighted by Gasteiger charge is -2.10. The van der Waals surface area contributed by atoms with Crippen molar-refractivity contribution in [3.63, 3.8) is 0 Å². The molecule has 0 aliphatic rings. The summed E-state index contributed by atoms with van der Waals surface area (Å²) in [4.78, 5) is 20.1. The summed E-state index contributed by atoms with van der Waals surface area (Å²) in [6, 6.07) is 16.8. The molecule has 0 saturated heterocycles. The lowest BCUT2D eigenvalue weighted by atomic mass is 10.1. The molecule has 2 aromatic heterocycles. The van der Waals surface area contributed by atoms with E-state index >= 15 is 0 Å². The average Bonchev–Trinajstić information content (AvgIpc) is 3.10. The van der Waals surface area contributed by atoms with Gasteiger partial charge in [0.25, 0.3) is 0 Å². The normalized spacial score (nSPS) is 10.9. The van der Waals surface area contributed by atoms with Gasteiger partial charge >= 0.3 is 5.97 Å². The van der Waals surface area contributed by atoms with E-state index in [0.717, 1.165) is 38.8 Å². The highest BCUT2D eigenvalue weighted by Gasteiger charge is 2.13. The lowest BCUT2D eigenvalue weighted by molar-refractivity contribution is 0.0697. The second kappa shape index (κ2) is 8.36. The van der Waals surface area contributed by atoms with Crippen molar-refractivity contribution in [2.45, 2.75) is 17.5 Å². The fourth-order valence-corrected chi connectivity index (χ4v) is 4.01. The van der Waals surface area contributed by atoms with Crippen molar-refractivity contribution in [1.29, 1.82) is 0 Å². The Balaban J connectivity index is 1.62. The van der Waals surface area contributed by atoms with Crippen molar-refractivity contribution in [2.75, 3.05) is 7.11 Å². The number of carbonyl (C=O) groups is 1. The smallest absolute Gasteiger partial charge is 0.335 e. The SMILES string of the molecule is COc1cccc(CSc2nc3ccncc3n2Cc2ccc(C(=O)O)cc2)c1. The Hall–Kier alpha value is -3.32. The van der Waals surface area contributed by atoms with Gasteiger partial charge in [0.15, 0.2) is 5.16 Å². The molecule has 0 radical (unpaired) electrons. The van der Waals surface area contributed by atoms with E-state index in [9.17, 15) is 4.79 Å². The van der Waals surface area contributed by atoms with Crippen LogP contribution < -0.4 is 4.74 Å². The monoisotopic (exact) mass is 405 g/mol. The van der Waals surface area contributed by atoms with Gasteiger partial charge in [-0.3, -0.25) is 4.98 Å². The van der Waals surface area contributed by atoms with Crippen molar-refractivity contribution < 1.29 is 14.6 Å². The van der Waals surface area contributed by atoms with E-state index in [2.05, 4.69) is 15.6 Å².